The van der Waals surface area contributed by atoms with Crippen LogP contribution in [0.3, 0.4) is 0 Å². The zero-order valence-corrected chi connectivity index (χ0v) is 9.85. The Morgan fingerprint density at radius 2 is 2.16 bits per heavy atom. The third kappa shape index (κ3) is 1.85. The van der Waals surface area contributed by atoms with Crippen molar-refractivity contribution in [1.29, 1.82) is 0 Å². The number of fused-ring (bicyclic) bond motifs is 1. The summed E-state index contributed by atoms with van der Waals surface area (Å²) in [4.78, 5) is 19.4. The Labute approximate surface area is 108 Å². The Hall–Kier alpha value is -2.69. The number of ketones is 1. The number of carbonyl (C=O) groups excluding carboxylic acids is 1. The number of hydrogen-bond donors (Lipinski definition) is 2. The van der Waals surface area contributed by atoms with Gasteiger partial charge in [-0.25, -0.2) is 9.37 Å². The first-order chi connectivity index (χ1) is 9.16. The van der Waals surface area contributed by atoms with E-state index in [0.29, 0.717) is 16.6 Å². The second kappa shape index (κ2) is 4.20. The maximum absolute atomic E-state index is 13.4. The number of nitrogens with one attached hydrogen (secondary N) is 1. The van der Waals surface area contributed by atoms with Crippen molar-refractivity contribution in [3.8, 4) is 0 Å². The molecular formula is C14H10FN3O. The third-order valence-corrected chi connectivity index (χ3v) is 2.96. The minimum atomic E-state index is -0.594. The molecule has 0 unspecified atom stereocenters. The summed E-state index contributed by atoms with van der Waals surface area (Å²) < 4.78 is 13.4. The van der Waals surface area contributed by atoms with Gasteiger partial charge in [-0.1, -0.05) is 0 Å². The standard InChI is InChI=1S/C14H10FN3O/c15-11-6-8(3-4-12(11)16)13(19)10-7-18-14-9(10)2-1-5-17-14/h1-7H,16H2,(H,17,18). The van der Waals surface area contributed by atoms with Gasteiger partial charge in [-0.15, -0.1) is 0 Å². The van der Waals surface area contributed by atoms with Gasteiger partial charge < -0.3 is 10.7 Å². The van der Waals surface area contributed by atoms with Crippen molar-refractivity contribution in [2.24, 2.45) is 0 Å². The molecule has 3 rings (SSSR count). The van der Waals surface area contributed by atoms with E-state index in [-0.39, 0.29) is 17.0 Å². The van der Waals surface area contributed by atoms with E-state index >= 15 is 0 Å². The molecule has 0 aliphatic rings. The molecule has 0 bridgehead atoms. The Morgan fingerprint density at radius 1 is 1.32 bits per heavy atom. The molecule has 2 heterocycles. The maximum Gasteiger partial charge on any atom is 0.195 e. The number of aromatic amines is 1. The summed E-state index contributed by atoms with van der Waals surface area (Å²) in [5.41, 5.74) is 6.77. The van der Waals surface area contributed by atoms with Crippen LogP contribution in [0.4, 0.5) is 10.1 Å². The van der Waals surface area contributed by atoms with Gasteiger partial charge in [-0.05, 0) is 30.3 Å². The number of nitrogens with two attached hydrogens (primary N) is 1. The molecule has 19 heavy (non-hydrogen) atoms. The monoisotopic (exact) mass is 255 g/mol. The van der Waals surface area contributed by atoms with Crippen LogP contribution < -0.4 is 5.73 Å². The van der Waals surface area contributed by atoms with Crippen LogP contribution in [-0.2, 0) is 0 Å². The van der Waals surface area contributed by atoms with Crippen LogP contribution in [0.1, 0.15) is 15.9 Å². The summed E-state index contributed by atoms with van der Waals surface area (Å²) >= 11 is 0. The van der Waals surface area contributed by atoms with E-state index in [4.69, 9.17) is 5.73 Å². The molecule has 0 radical (unpaired) electrons. The van der Waals surface area contributed by atoms with Gasteiger partial charge in [0.05, 0.1) is 5.69 Å². The number of nitrogen functional groups attached to an aromatic ring is 1. The number of anilines is 1. The lowest BCUT2D eigenvalue weighted by molar-refractivity contribution is 0.104. The zero-order chi connectivity index (χ0) is 13.4. The molecule has 5 heteroatoms. The number of nitrogens with zero attached hydrogens (tertiary/aromatic N) is 1. The van der Waals surface area contributed by atoms with E-state index < -0.39 is 5.82 Å². The Bertz CT molecular complexity index is 779. The molecule has 0 fully saturated rings. The fourth-order valence-electron chi connectivity index (χ4n) is 1.97. The molecule has 2 aromatic heterocycles. The van der Waals surface area contributed by atoms with Crippen molar-refractivity contribution in [2.45, 2.75) is 0 Å². The highest BCUT2D eigenvalue weighted by Crippen LogP contribution is 2.21. The lowest BCUT2D eigenvalue weighted by Crippen LogP contribution is -2.02. The average Bonchev–Trinajstić information content (AvgIpc) is 2.85. The summed E-state index contributed by atoms with van der Waals surface area (Å²) in [5, 5.41) is 0.713. The second-order valence-electron chi connectivity index (χ2n) is 4.17. The summed E-state index contributed by atoms with van der Waals surface area (Å²) in [6, 6.07) is 7.58. The third-order valence-electron chi connectivity index (χ3n) is 2.96. The molecule has 1 aromatic carbocycles. The number of halogens is 1. The van der Waals surface area contributed by atoms with Crippen molar-refractivity contribution in [3.05, 3.63) is 59.7 Å². The molecule has 0 saturated carbocycles. The fraction of sp³-hybridized carbons (Fsp3) is 0. The van der Waals surface area contributed by atoms with Crippen LogP contribution in [0, 0.1) is 5.82 Å². The number of benzene rings is 1. The molecule has 0 atom stereocenters. The first kappa shape index (κ1) is 11.4. The lowest BCUT2D eigenvalue weighted by atomic mass is 10.0. The van der Waals surface area contributed by atoms with Crippen LogP contribution in [0.25, 0.3) is 11.0 Å². The highest BCUT2D eigenvalue weighted by Gasteiger charge is 2.15. The van der Waals surface area contributed by atoms with Gasteiger partial charge in [0.25, 0.3) is 0 Å². The number of H-pyrrole nitrogens is 1. The molecule has 0 aliphatic heterocycles. The smallest absolute Gasteiger partial charge is 0.195 e. The van der Waals surface area contributed by atoms with Gasteiger partial charge in [-0.3, -0.25) is 4.79 Å². The number of rotatable bonds is 2. The van der Waals surface area contributed by atoms with Crippen molar-refractivity contribution in [2.75, 3.05) is 5.73 Å². The predicted octanol–water partition coefficient (Wildman–Crippen LogP) is 2.52. The van der Waals surface area contributed by atoms with Gasteiger partial charge in [-0.2, -0.15) is 0 Å². The normalized spacial score (nSPS) is 10.8. The van der Waals surface area contributed by atoms with E-state index in [9.17, 15) is 9.18 Å². The topological polar surface area (TPSA) is 71.8 Å². The van der Waals surface area contributed by atoms with Gasteiger partial charge in [0.2, 0.25) is 0 Å². The van der Waals surface area contributed by atoms with Crippen LogP contribution in [0.2, 0.25) is 0 Å². The predicted molar refractivity (Wildman–Crippen MR) is 70.3 cm³/mol. The highest BCUT2D eigenvalue weighted by atomic mass is 19.1. The maximum atomic E-state index is 13.4. The molecule has 0 spiro atoms. The quantitative estimate of drug-likeness (QED) is 0.546. The lowest BCUT2D eigenvalue weighted by Gasteiger charge is -2.01. The van der Waals surface area contributed by atoms with Gasteiger partial charge in [0.15, 0.2) is 5.78 Å². The largest absolute Gasteiger partial charge is 0.396 e. The summed E-state index contributed by atoms with van der Waals surface area (Å²) in [5.74, 6) is -0.859. The summed E-state index contributed by atoms with van der Waals surface area (Å²) in [7, 11) is 0. The van der Waals surface area contributed by atoms with Crippen molar-refractivity contribution in [3.63, 3.8) is 0 Å². The Morgan fingerprint density at radius 3 is 2.95 bits per heavy atom. The van der Waals surface area contributed by atoms with Gasteiger partial charge in [0.1, 0.15) is 11.5 Å². The highest BCUT2D eigenvalue weighted by molar-refractivity contribution is 6.15. The molecule has 94 valence electrons. The Balaban J connectivity index is 2.11. The minimum Gasteiger partial charge on any atom is -0.396 e. The molecule has 4 nitrogen and oxygen atoms in total. The SMILES string of the molecule is Nc1ccc(C(=O)c2c[nH]c3ncccc23)cc1F. The van der Waals surface area contributed by atoms with Gasteiger partial charge in [0, 0.05) is 28.9 Å². The van der Waals surface area contributed by atoms with Crippen LogP contribution >= 0.6 is 0 Å². The summed E-state index contributed by atoms with van der Waals surface area (Å²) in [6.45, 7) is 0. The number of pyridine rings is 1. The molecule has 0 amide bonds. The van der Waals surface area contributed by atoms with Gasteiger partial charge >= 0.3 is 0 Å². The fourth-order valence-corrected chi connectivity index (χ4v) is 1.97. The number of hydrogen-bond acceptors (Lipinski definition) is 3. The Kier molecular flexibility index (Phi) is 2.52. The van der Waals surface area contributed by atoms with Crippen molar-refractivity contribution < 1.29 is 9.18 Å². The van der Waals surface area contributed by atoms with E-state index in [1.807, 2.05) is 0 Å². The average molecular weight is 255 g/mol. The molecular weight excluding hydrogens is 245 g/mol. The zero-order valence-electron chi connectivity index (χ0n) is 9.85. The number of aromatic nitrogens is 2. The van der Waals surface area contributed by atoms with Crippen molar-refractivity contribution >= 4 is 22.5 Å². The second-order valence-corrected chi connectivity index (χ2v) is 4.17. The van der Waals surface area contributed by atoms with E-state index in [1.165, 1.54) is 12.1 Å². The van der Waals surface area contributed by atoms with E-state index in [1.54, 1.807) is 24.5 Å². The van der Waals surface area contributed by atoms with E-state index in [2.05, 4.69) is 9.97 Å². The molecule has 3 N–H and O–H groups in total. The van der Waals surface area contributed by atoms with E-state index in [0.717, 1.165) is 6.07 Å². The summed E-state index contributed by atoms with van der Waals surface area (Å²) in [6.07, 6.45) is 3.21. The van der Waals surface area contributed by atoms with Crippen LogP contribution in [-0.4, -0.2) is 15.8 Å². The minimum absolute atomic E-state index is 0.0251. The molecule has 0 aliphatic carbocycles. The first-order valence-electron chi connectivity index (χ1n) is 5.68. The van der Waals surface area contributed by atoms with Crippen LogP contribution in [0.15, 0.2) is 42.7 Å². The number of carbonyl (C=O) groups is 1. The first-order valence-corrected chi connectivity index (χ1v) is 5.68. The molecule has 0 saturated heterocycles. The molecule has 3 aromatic rings. The van der Waals surface area contributed by atoms with Crippen molar-refractivity contribution in [1.82, 2.24) is 9.97 Å². The van der Waals surface area contributed by atoms with Crippen LogP contribution in [0.5, 0.6) is 0 Å².